The van der Waals surface area contributed by atoms with Gasteiger partial charge < -0.3 is 25.1 Å². The predicted octanol–water partition coefficient (Wildman–Crippen LogP) is -0.990. The summed E-state index contributed by atoms with van der Waals surface area (Å²) in [6.07, 6.45) is -2.15. The summed E-state index contributed by atoms with van der Waals surface area (Å²) >= 11 is 0. The molecule has 0 aliphatic carbocycles. The lowest BCUT2D eigenvalue weighted by atomic mass is 10.2. The molecule has 0 aromatic carbocycles. The van der Waals surface area contributed by atoms with Gasteiger partial charge >= 0.3 is 6.09 Å². The van der Waals surface area contributed by atoms with E-state index in [2.05, 4.69) is 0 Å². The van der Waals surface area contributed by atoms with E-state index in [0.29, 0.717) is 0 Å². The number of hydrogen-bond acceptors (Lipinski definition) is 5. The third-order valence-electron chi connectivity index (χ3n) is 1.41. The van der Waals surface area contributed by atoms with Crippen LogP contribution in [0.15, 0.2) is 0 Å². The summed E-state index contributed by atoms with van der Waals surface area (Å²) in [5.74, 6) is -1.56. The van der Waals surface area contributed by atoms with Gasteiger partial charge in [-0.1, -0.05) is 0 Å². The maximum absolute atomic E-state index is 11.1. The van der Waals surface area contributed by atoms with E-state index in [4.69, 9.17) is 9.84 Å². The van der Waals surface area contributed by atoms with Crippen molar-refractivity contribution in [1.82, 2.24) is 5.32 Å². The van der Waals surface area contributed by atoms with Gasteiger partial charge in [-0.3, -0.25) is 0 Å². The van der Waals surface area contributed by atoms with Crippen LogP contribution in [0.4, 0.5) is 4.79 Å². The molecule has 0 rings (SSSR count). The number of amides is 1. The number of nitrogens with one attached hydrogen (secondary N) is 1. The fraction of sp³-hybridized carbons (Fsp3) is 0.778. The van der Waals surface area contributed by atoms with E-state index in [9.17, 15) is 14.7 Å². The molecule has 0 saturated heterocycles. The summed E-state index contributed by atoms with van der Waals surface area (Å²) in [6.45, 7) is 6.16. The number of carboxylic acid groups (broad SMARTS) is 1. The Morgan fingerprint density at radius 1 is 1.40 bits per heavy atom. The molecule has 0 aliphatic rings. The Labute approximate surface area is 88.2 Å². The van der Waals surface area contributed by atoms with Gasteiger partial charge in [-0.25, -0.2) is 4.79 Å². The third kappa shape index (κ3) is 5.90. The molecule has 0 saturated carbocycles. The van der Waals surface area contributed by atoms with Gasteiger partial charge in [0.25, 0.3) is 0 Å². The lowest BCUT2D eigenvalue weighted by Gasteiger charge is -2.25. The van der Waals surface area contributed by atoms with Crippen molar-refractivity contribution in [3.8, 4) is 0 Å². The van der Waals surface area contributed by atoms with Crippen molar-refractivity contribution in [2.75, 3.05) is 0 Å². The van der Waals surface area contributed by atoms with Crippen LogP contribution in [0.1, 0.15) is 27.7 Å². The van der Waals surface area contributed by atoms with Crippen LogP contribution in [0.25, 0.3) is 0 Å². The molecule has 6 nitrogen and oxygen atoms in total. The molecule has 0 spiro atoms. The van der Waals surface area contributed by atoms with Gasteiger partial charge in [-0.2, -0.15) is 0 Å². The number of aliphatic carboxylic acids is 1. The summed E-state index contributed by atoms with van der Waals surface area (Å²) in [5, 5.41) is 21.5. The minimum atomic E-state index is -1.56. The Hall–Kier alpha value is -1.30. The van der Waals surface area contributed by atoms with Gasteiger partial charge in [0.15, 0.2) is 0 Å². The van der Waals surface area contributed by atoms with Crippen molar-refractivity contribution in [3.05, 3.63) is 0 Å². The molecule has 0 fully saturated rings. The molecule has 1 amide bonds. The Morgan fingerprint density at radius 3 is 2.13 bits per heavy atom. The smallest absolute Gasteiger partial charge is 0.408 e. The molecule has 0 aliphatic heterocycles. The summed E-state index contributed by atoms with van der Waals surface area (Å²) < 4.78 is 4.82. The summed E-state index contributed by atoms with van der Waals surface area (Å²) in [6, 6.07) is -1.47. The molecule has 15 heavy (non-hydrogen) atoms. The number of carbonyl (C=O) groups is 2. The number of carboxylic acids is 1. The van der Waals surface area contributed by atoms with Crippen LogP contribution in [0, 0.1) is 0 Å². The van der Waals surface area contributed by atoms with Crippen molar-refractivity contribution in [2.24, 2.45) is 0 Å². The van der Waals surface area contributed by atoms with Crippen molar-refractivity contribution in [2.45, 2.75) is 45.4 Å². The second-order valence-corrected chi connectivity index (χ2v) is 4.18. The number of aliphatic hydroxyl groups excluding tert-OH is 1. The molecule has 0 radical (unpaired) electrons. The highest BCUT2D eigenvalue weighted by molar-refractivity contribution is 5.79. The van der Waals surface area contributed by atoms with Crippen LogP contribution < -0.4 is 10.4 Å². The van der Waals surface area contributed by atoms with Gasteiger partial charge in [0.2, 0.25) is 0 Å². The Balaban J connectivity index is 4.31. The predicted molar refractivity (Wildman–Crippen MR) is 49.8 cm³/mol. The van der Waals surface area contributed by atoms with Crippen LogP contribution in [0.5, 0.6) is 0 Å². The largest absolute Gasteiger partial charge is 0.548 e. The number of alkyl carbamates (subject to hydrolysis) is 1. The summed E-state index contributed by atoms with van der Waals surface area (Å²) in [4.78, 5) is 21.6. The molecule has 0 unspecified atom stereocenters. The molecule has 2 N–H and O–H groups in total. The van der Waals surface area contributed by atoms with Crippen molar-refractivity contribution < 1.29 is 24.5 Å². The molecule has 6 heteroatoms. The minimum Gasteiger partial charge on any atom is -0.548 e. The molecule has 0 bridgehead atoms. The molecule has 0 aromatic heterocycles. The quantitative estimate of drug-likeness (QED) is 0.633. The van der Waals surface area contributed by atoms with Gasteiger partial charge in [0.1, 0.15) is 5.60 Å². The van der Waals surface area contributed by atoms with E-state index in [1.165, 1.54) is 6.92 Å². The highest BCUT2D eigenvalue weighted by Gasteiger charge is 2.22. The first-order valence-corrected chi connectivity index (χ1v) is 4.52. The van der Waals surface area contributed by atoms with Gasteiger partial charge in [0, 0.05) is 0 Å². The minimum absolute atomic E-state index is 0.723. The molecule has 0 aromatic rings. The van der Waals surface area contributed by atoms with E-state index in [1.807, 2.05) is 5.32 Å². The van der Waals surface area contributed by atoms with Crippen molar-refractivity contribution in [1.29, 1.82) is 0 Å². The average Bonchev–Trinajstić information content (AvgIpc) is 1.95. The Morgan fingerprint density at radius 2 is 1.87 bits per heavy atom. The lowest BCUT2D eigenvalue weighted by Crippen LogP contribution is -2.54. The zero-order chi connectivity index (χ0) is 12.2. The number of rotatable bonds is 3. The van der Waals surface area contributed by atoms with Crippen LogP contribution in [0.2, 0.25) is 0 Å². The second kappa shape index (κ2) is 4.97. The Bertz CT molecular complexity index is 243. The zero-order valence-corrected chi connectivity index (χ0v) is 9.23. The highest BCUT2D eigenvalue weighted by Crippen LogP contribution is 2.07. The fourth-order valence-electron chi connectivity index (χ4n) is 0.811. The van der Waals surface area contributed by atoms with Gasteiger partial charge in [0.05, 0.1) is 18.1 Å². The monoisotopic (exact) mass is 218 g/mol. The van der Waals surface area contributed by atoms with Gasteiger partial charge in [-0.05, 0) is 27.7 Å². The Kier molecular flexibility index (Phi) is 4.54. The van der Waals surface area contributed by atoms with E-state index in [-0.39, 0.29) is 0 Å². The SMILES string of the molecule is C[C@@H](O)[C@@H](NC(=O)OC(C)(C)C)C(=O)[O-]. The van der Waals surface area contributed by atoms with Crippen LogP contribution in [-0.2, 0) is 9.53 Å². The molecule has 88 valence electrons. The maximum Gasteiger partial charge on any atom is 0.408 e. The zero-order valence-electron chi connectivity index (χ0n) is 9.23. The molecular formula is C9H16NO5-. The van der Waals surface area contributed by atoms with Crippen LogP contribution >= 0.6 is 0 Å². The number of carbonyl (C=O) groups excluding carboxylic acids is 2. The summed E-state index contributed by atoms with van der Waals surface area (Å²) in [5.41, 5.74) is -0.723. The topological polar surface area (TPSA) is 98.7 Å². The second-order valence-electron chi connectivity index (χ2n) is 4.18. The van der Waals surface area contributed by atoms with Gasteiger partial charge in [-0.15, -0.1) is 0 Å². The van der Waals surface area contributed by atoms with E-state index >= 15 is 0 Å². The van der Waals surface area contributed by atoms with Crippen molar-refractivity contribution in [3.63, 3.8) is 0 Å². The van der Waals surface area contributed by atoms with Crippen LogP contribution in [-0.4, -0.2) is 34.9 Å². The summed E-state index contributed by atoms with van der Waals surface area (Å²) in [7, 11) is 0. The highest BCUT2D eigenvalue weighted by atomic mass is 16.6. The number of hydrogen-bond donors (Lipinski definition) is 2. The normalized spacial score (nSPS) is 15.3. The fourth-order valence-corrected chi connectivity index (χ4v) is 0.811. The lowest BCUT2D eigenvalue weighted by molar-refractivity contribution is -0.310. The van der Waals surface area contributed by atoms with E-state index < -0.39 is 29.8 Å². The number of aliphatic hydroxyl groups is 1. The standard InChI is InChI=1S/C9H17NO5/c1-5(11)6(7(12)13)10-8(14)15-9(2,3)4/h5-6,11H,1-4H3,(H,10,14)(H,12,13)/p-1/t5-,6-/m1/s1. The third-order valence-corrected chi connectivity index (χ3v) is 1.41. The number of ether oxygens (including phenoxy) is 1. The average molecular weight is 218 g/mol. The first-order valence-electron chi connectivity index (χ1n) is 4.52. The molecule has 0 heterocycles. The van der Waals surface area contributed by atoms with Crippen molar-refractivity contribution >= 4 is 12.1 Å². The van der Waals surface area contributed by atoms with E-state index in [0.717, 1.165) is 0 Å². The maximum atomic E-state index is 11.1. The van der Waals surface area contributed by atoms with E-state index in [1.54, 1.807) is 20.8 Å². The van der Waals surface area contributed by atoms with Crippen LogP contribution in [0.3, 0.4) is 0 Å². The first-order chi connectivity index (χ1) is 6.63. The molecule has 2 atom stereocenters. The molecular weight excluding hydrogens is 202 g/mol. The first kappa shape index (κ1) is 13.7.